The fraction of sp³-hybridized carbons (Fsp3) is 0.278. The molecule has 2 aromatic carbocycles. The Labute approximate surface area is 135 Å². The van der Waals surface area contributed by atoms with Gasteiger partial charge in [0, 0.05) is 26.2 Å². The molecule has 0 saturated carbocycles. The smallest absolute Gasteiger partial charge is 0.267 e. The molecular formula is C18H19FN2O2. The van der Waals surface area contributed by atoms with Crippen molar-refractivity contribution in [1.29, 1.82) is 0 Å². The molecule has 1 atom stereocenters. The molecule has 5 heteroatoms. The lowest BCUT2D eigenvalue weighted by Gasteiger charge is -2.36. The fourth-order valence-electron chi connectivity index (χ4n) is 2.75. The summed E-state index contributed by atoms with van der Waals surface area (Å²) < 4.78 is 18.8. The first-order valence-electron chi connectivity index (χ1n) is 7.60. The Kier molecular flexibility index (Phi) is 4.19. The van der Waals surface area contributed by atoms with Crippen molar-refractivity contribution in [3.05, 3.63) is 54.3 Å². The van der Waals surface area contributed by atoms with Gasteiger partial charge in [0.25, 0.3) is 5.91 Å². The summed E-state index contributed by atoms with van der Waals surface area (Å²) in [7, 11) is 2.01. The Morgan fingerprint density at radius 1 is 1.13 bits per heavy atom. The van der Waals surface area contributed by atoms with Crippen molar-refractivity contribution >= 4 is 17.3 Å². The number of carbonyl (C=O) groups excluding carboxylic acids is 1. The molecule has 0 bridgehead atoms. The zero-order valence-electron chi connectivity index (χ0n) is 13.2. The third-order valence-corrected chi connectivity index (χ3v) is 3.97. The molecule has 2 aromatic rings. The third-order valence-electron chi connectivity index (χ3n) is 3.97. The topological polar surface area (TPSA) is 32.8 Å². The molecule has 0 spiro atoms. The lowest BCUT2D eigenvalue weighted by molar-refractivity contribution is -0.124. The van der Waals surface area contributed by atoms with Crippen LogP contribution in [0.2, 0.25) is 0 Å². The summed E-state index contributed by atoms with van der Waals surface area (Å²) in [4.78, 5) is 16.6. The van der Waals surface area contributed by atoms with Gasteiger partial charge < -0.3 is 14.5 Å². The Hall–Kier alpha value is -2.56. The number of fused-ring (bicyclic) bond motifs is 1. The highest BCUT2D eigenvalue weighted by atomic mass is 19.1. The van der Waals surface area contributed by atoms with E-state index in [0.717, 1.165) is 17.9 Å². The van der Waals surface area contributed by atoms with Crippen LogP contribution in [0.3, 0.4) is 0 Å². The van der Waals surface area contributed by atoms with Crippen molar-refractivity contribution in [2.24, 2.45) is 0 Å². The van der Waals surface area contributed by atoms with Crippen molar-refractivity contribution in [3.8, 4) is 5.75 Å². The van der Waals surface area contributed by atoms with Gasteiger partial charge >= 0.3 is 0 Å². The van der Waals surface area contributed by atoms with Crippen molar-refractivity contribution in [1.82, 2.24) is 0 Å². The van der Waals surface area contributed by atoms with Crippen LogP contribution >= 0.6 is 0 Å². The van der Waals surface area contributed by atoms with E-state index in [0.29, 0.717) is 12.3 Å². The maximum absolute atomic E-state index is 13.2. The standard InChI is InChI=1S/C18H19FN2O2/c1-13(23-15-7-5-6-14(19)12-15)18(22)21-11-10-20(2)16-8-3-4-9-17(16)21/h3-9,12-13H,10-11H2,1-2H3. The molecule has 120 valence electrons. The van der Waals surface area contributed by atoms with Gasteiger partial charge in [0.15, 0.2) is 6.10 Å². The summed E-state index contributed by atoms with van der Waals surface area (Å²) in [5.41, 5.74) is 1.89. The summed E-state index contributed by atoms with van der Waals surface area (Å²) in [6.07, 6.45) is -0.687. The number of para-hydroxylation sites is 2. The van der Waals surface area contributed by atoms with E-state index >= 15 is 0 Å². The lowest BCUT2D eigenvalue weighted by atomic mass is 10.1. The van der Waals surface area contributed by atoms with E-state index in [1.807, 2.05) is 31.3 Å². The van der Waals surface area contributed by atoms with Crippen LogP contribution in [0.1, 0.15) is 6.92 Å². The average molecular weight is 314 g/mol. The molecule has 4 nitrogen and oxygen atoms in total. The second-order valence-electron chi connectivity index (χ2n) is 5.62. The van der Waals surface area contributed by atoms with Gasteiger partial charge in [-0.25, -0.2) is 4.39 Å². The van der Waals surface area contributed by atoms with Crippen LogP contribution in [0, 0.1) is 5.82 Å². The molecule has 1 heterocycles. The molecule has 0 saturated heterocycles. The van der Waals surface area contributed by atoms with Crippen molar-refractivity contribution in [2.45, 2.75) is 13.0 Å². The predicted octanol–water partition coefficient (Wildman–Crippen LogP) is 3.08. The SMILES string of the molecule is CC(Oc1cccc(F)c1)C(=O)N1CCN(C)c2ccccc21. The van der Waals surface area contributed by atoms with E-state index in [1.54, 1.807) is 24.0 Å². The number of carbonyl (C=O) groups is 1. The Bertz CT molecular complexity index is 720. The summed E-state index contributed by atoms with van der Waals surface area (Å²) in [5, 5.41) is 0. The van der Waals surface area contributed by atoms with E-state index < -0.39 is 6.10 Å². The highest BCUT2D eigenvalue weighted by molar-refractivity contribution is 6.00. The van der Waals surface area contributed by atoms with Gasteiger partial charge in [-0.3, -0.25) is 4.79 Å². The van der Waals surface area contributed by atoms with E-state index in [-0.39, 0.29) is 11.7 Å². The van der Waals surface area contributed by atoms with Crippen molar-refractivity contribution in [3.63, 3.8) is 0 Å². The van der Waals surface area contributed by atoms with E-state index in [9.17, 15) is 9.18 Å². The van der Waals surface area contributed by atoms with Gasteiger partial charge in [0.05, 0.1) is 11.4 Å². The first-order chi connectivity index (χ1) is 11.1. The second-order valence-corrected chi connectivity index (χ2v) is 5.62. The van der Waals surface area contributed by atoms with Gasteiger partial charge in [-0.1, -0.05) is 18.2 Å². The fourth-order valence-corrected chi connectivity index (χ4v) is 2.75. The average Bonchev–Trinajstić information content (AvgIpc) is 2.55. The maximum atomic E-state index is 13.2. The summed E-state index contributed by atoms with van der Waals surface area (Å²) >= 11 is 0. The monoisotopic (exact) mass is 314 g/mol. The molecule has 1 amide bonds. The highest BCUT2D eigenvalue weighted by Gasteiger charge is 2.29. The van der Waals surface area contributed by atoms with Crippen LogP contribution in [0.4, 0.5) is 15.8 Å². The quantitative estimate of drug-likeness (QED) is 0.873. The van der Waals surface area contributed by atoms with Crippen LogP contribution in [-0.2, 0) is 4.79 Å². The van der Waals surface area contributed by atoms with Crippen molar-refractivity contribution in [2.75, 3.05) is 29.9 Å². The minimum absolute atomic E-state index is 0.130. The van der Waals surface area contributed by atoms with E-state index in [2.05, 4.69) is 4.90 Å². The number of anilines is 2. The number of likely N-dealkylation sites (N-methyl/N-ethyl adjacent to an activating group) is 1. The lowest BCUT2D eigenvalue weighted by Crippen LogP contribution is -2.47. The molecule has 0 N–H and O–H groups in total. The molecule has 0 radical (unpaired) electrons. The molecule has 23 heavy (non-hydrogen) atoms. The zero-order valence-corrected chi connectivity index (χ0v) is 13.2. The minimum atomic E-state index is -0.687. The molecule has 1 unspecified atom stereocenters. The van der Waals surface area contributed by atoms with E-state index in [1.165, 1.54) is 12.1 Å². The highest BCUT2D eigenvalue weighted by Crippen LogP contribution is 2.32. The number of nitrogens with zero attached hydrogens (tertiary/aromatic N) is 2. The van der Waals surface area contributed by atoms with Gasteiger partial charge in [-0.05, 0) is 31.2 Å². The van der Waals surface area contributed by atoms with Crippen LogP contribution in [0.5, 0.6) is 5.75 Å². The van der Waals surface area contributed by atoms with Crippen LogP contribution in [0.25, 0.3) is 0 Å². The molecule has 1 aliphatic rings. The van der Waals surface area contributed by atoms with Gasteiger partial charge in [0.2, 0.25) is 0 Å². The number of hydrogen-bond acceptors (Lipinski definition) is 3. The van der Waals surface area contributed by atoms with Crippen LogP contribution in [-0.4, -0.2) is 32.1 Å². The number of ether oxygens (including phenoxy) is 1. The molecule has 0 aliphatic carbocycles. The minimum Gasteiger partial charge on any atom is -0.481 e. The molecular weight excluding hydrogens is 295 g/mol. The summed E-state index contributed by atoms with van der Waals surface area (Å²) in [6, 6.07) is 13.6. The first kappa shape index (κ1) is 15.3. The zero-order chi connectivity index (χ0) is 16.4. The number of amides is 1. The maximum Gasteiger partial charge on any atom is 0.267 e. The largest absolute Gasteiger partial charge is 0.481 e. The van der Waals surface area contributed by atoms with Crippen molar-refractivity contribution < 1.29 is 13.9 Å². The van der Waals surface area contributed by atoms with E-state index in [4.69, 9.17) is 4.74 Å². The number of hydrogen-bond donors (Lipinski definition) is 0. The number of rotatable bonds is 3. The molecule has 3 rings (SSSR count). The number of halogens is 1. The number of benzene rings is 2. The van der Waals surface area contributed by atoms with Gasteiger partial charge in [-0.15, -0.1) is 0 Å². The molecule has 0 fully saturated rings. The molecule has 1 aliphatic heterocycles. The summed E-state index contributed by atoms with van der Waals surface area (Å²) in [5.74, 6) is -0.157. The third kappa shape index (κ3) is 3.13. The Morgan fingerprint density at radius 3 is 2.61 bits per heavy atom. The molecule has 0 aromatic heterocycles. The van der Waals surface area contributed by atoms with Crippen LogP contribution < -0.4 is 14.5 Å². The Morgan fingerprint density at radius 2 is 1.87 bits per heavy atom. The van der Waals surface area contributed by atoms with Crippen LogP contribution in [0.15, 0.2) is 48.5 Å². The first-order valence-corrected chi connectivity index (χ1v) is 7.60. The van der Waals surface area contributed by atoms with Gasteiger partial charge in [-0.2, -0.15) is 0 Å². The predicted molar refractivity (Wildman–Crippen MR) is 88.6 cm³/mol. The normalized spacial score (nSPS) is 15.1. The van der Waals surface area contributed by atoms with Gasteiger partial charge in [0.1, 0.15) is 11.6 Å². The summed E-state index contributed by atoms with van der Waals surface area (Å²) in [6.45, 7) is 3.05. The second kappa shape index (κ2) is 6.28. The Balaban J connectivity index is 1.79.